The van der Waals surface area contributed by atoms with E-state index in [1.807, 2.05) is 6.92 Å². The van der Waals surface area contributed by atoms with Crippen molar-refractivity contribution in [1.29, 1.82) is 0 Å². The molecule has 0 radical (unpaired) electrons. The standard InChI is InChI=1S/C12H12N2O2/c1-9-3-8-12(15)14(13-9)10-4-6-11(16-2)7-5-10/h3-8H,1-2H3. The van der Waals surface area contributed by atoms with Crippen molar-refractivity contribution in [2.45, 2.75) is 6.92 Å². The highest BCUT2D eigenvalue weighted by Crippen LogP contribution is 2.12. The van der Waals surface area contributed by atoms with Gasteiger partial charge in [0.25, 0.3) is 5.56 Å². The van der Waals surface area contributed by atoms with Gasteiger partial charge in [-0.3, -0.25) is 4.79 Å². The smallest absolute Gasteiger partial charge is 0.271 e. The molecule has 0 spiro atoms. The number of hydrogen-bond acceptors (Lipinski definition) is 3. The molecular formula is C12H12N2O2. The van der Waals surface area contributed by atoms with E-state index in [9.17, 15) is 4.79 Å². The van der Waals surface area contributed by atoms with Crippen LogP contribution in [0.25, 0.3) is 5.69 Å². The first-order chi connectivity index (χ1) is 7.70. The minimum Gasteiger partial charge on any atom is -0.497 e. The SMILES string of the molecule is COc1ccc(-n2nc(C)ccc2=O)cc1. The lowest BCUT2D eigenvalue weighted by Crippen LogP contribution is -2.20. The number of nitrogens with zero attached hydrogens (tertiary/aromatic N) is 2. The number of aromatic nitrogens is 2. The largest absolute Gasteiger partial charge is 0.497 e. The molecule has 0 saturated carbocycles. The van der Waals surface area contributed by atoms with E-state index in [2.05, 4.69) is 5.10 Å². The Labute approximate surface area is 93.1 Å². The highest BCUT2D eigenvalue weighted by atomic mass is 16.5. The average Bonchev–Trinajstić information content (AvgIpc) is 2.32. The first-order valence-corrected chi connectivity index (χ1v) is 4.92. The van der Waals surface area contributed by atoms with E-state index in [4.69, 9.17) is 4.74 Å². The fourth-order valence-electron chi connectivity index (χ4n) is 1.41. The summed E-state index contributed by atoms with van der Waals surface area (Å²) in [6.45, 7) is 1.85. The van der Waals surface area contributed by atoms with Crippen molar-refractivity contribution in [2.24, 2.45) is 0 Å². The highest BCUT2D eigenvalue weighted by molar-refractivity contribution is 5.36. The predicted molar refractivity (Wildman–Crippen MR) is 61.1 cm³/mol. The van der Waals surface area contributed by atoms with E-state index in [0.29, 0.717) is 0 Å². The summed E-state index contributed by atoms with van der Waals surface area (Å²) < 4.78 is 6.42. The molecule has 0 aliphatic rings. The van der Waals surface area contributed by atoms with Gasteiger partial charge in [0.05, 0.1) is 18.5 Å². The first kappa shape index (κ1) is 10.4. The molecule has 1 aromatic heterocycles. The molecule has 0 atom stereocenters. The summed E-state index contributed by atoms with van der Waals surface area (Å²) in [6, 6.07) is 10.4. The second-order valence-electron chi connectivity index (χ2n) is 3.42. The van der Waals surface area contributed by atoms with E-state index in [-0.39, 0.29) is 5.56 Å². The zero-order valence-corrected chi connectivity index (χ0v) is 9.18. The van der Waals surface area contributed by atoms with Gasteiger partial charge in [0.1, 0.15) is 5.75 Å². The second-order valence-corrected chi connectivity index (χ2v) is 3.42. The molecule has 4 nitrogen and oxygen atoms in total. The molecular weight excluding hydrogens is 204 g/mol. The minimum atomic E-state index is -0.143. The first-order valence-electron chi connectivity index (χ1n) is 4.92. The topological polar surface area (TPSA) is 44.1 Å². The van der Waals surface area contributed by atoms with E-state index >= 15 is 0 Å². The van der Waals surface area contributed by atoms with Crippen LogP contribution in [0.5, 0.6) is 5.75 Å². The summed E-state index contributed by atoms with van der Waals surface area (Å²) >= 11 is 0. The van der Waals surface area contributed by atoms with E-state index in [0.717, 1.165) is 17.1 Å². The molecule has 1 aromatic carbocycles. The highest BCUT2D eigenvalue weighted by Gasteiger charge is 2.01. The van der Waals surface area contributed by atoms with Crippen LogP contribution in [-0.2, 0) is 0 Å². The Morgan fingerprint density at radius 1 is 1.12 bits per heavy atom. The summed E-state index contributed by atoms with van der Waals surface area (Å²) in [5.41, 5.74) is 1.39. The van der Waals surface area contributed by atoms with Crippen molar-refractivity contribution in [3.8, 4) is 11.4 Å². The van der Waals surface area contributed by atoms with Crippen LogP contribution in [0.15, 0.2) is 41.2 Å². The number of rotatable bonds is 2. The Kier molecular flexibility index (Phi) is 2.72. The molecule has 82 valence electrons. The maximum absolute atomic E-state index is 11.6. The maximum Gasteiger partial charge on any atom is 0.271 e. The number of ether oxygens (including phenoxy) is 1. The monoisotopic (exact) mass is 216 g/mol. The number of hydrogen-bond donors (Lipinski definition) is 0. The van der Waals surface area contributed by atoms with Crippen LogP contribution in [0.3, 0.4) is 0 Å². The third kappa shape index (κ3) is 1.95. The van der Waals surface area contributed by atoms with Crippen LogP contribution in [0.2, 0.25) is 0 Å². The molecule has 0 aliphatic carbocycles. The van der Waals surface area contributed by atoms with Crippen molar-refractivity contribution in [1.82, 2.24) is 9.78 Å². The molecule has 16 heavy (non-hydrogen) atoms. The number of benzene rings is 1. The van der Waals surface area contributed by atoms with Crippen molar-refractivity contribution in [3.05, 3.63) is 52.4 Å². The van der Waals surface area contributed by atoms with Crippen molar-refractivity contribution in [3.63, 3.8) is 0 Å². The Bertz CT molecular complexity index is 544. The molecule has 4 heteroatoms. The molecule has 2 rings (SSSR count). The van der Waals surface area contributed by atoms with Crippen molar-refractivity contribution in [2.75, 3.05) is 7.11 Å². The zero-order chi connectivity index (χ0) is 11.5. The van der Waals surface area contributed by atoms with Crippen LogP contribution in [0, 0.1) is 6.92 Å². The van der Waals surface area contributed by atoms with Gasteiger partial charge in [0, 0.05) is 6.07 Å². The Morgan fingerprint density at radius 2 is 1.81 bits per heavy atom. The lowest BCUT2D eigenvalue weighted by atomic mass is 10.3. The van der Waals surface area contributed by atoms with Crippen molar-refractivity contribution >= 4 is 0 Å². The van der Waals surface area contributed by atoms with Crippen LogP contribution >= 0.6 is 0 Å². The van der Waals surface area contributed by atoms with Gasteiger partial charge in [-0.2, -0.15) is 9.78 Å². The van der Waals surface area contributed by atoms with Crippen LogP contribution in [-0.4, -0.2) is 16.9 Å². The lowest BCUT2D eigenvalue weighted by molar-refractivity contribution is 0.414. The summed E-state index contributed by atoms with van der Waals surface area (Å²) in [5, 5.41) is 4.16. The van der Waals surface area contributed by atoms with Crippen LogP contribution in [0.1, 0.15) is 5.69 Å². The predicted octanol–water partition coefficient (Wildman–Crippen LogP) is 1.55. The molecule has 0 bridgehead atoms. The van der Waals surface area contributed by atoms with Gasteiger partial charge in [-0.25, -0.2) is 0 Å². The zero-order valence-electron chi connectivity index (χ0n) is 9.18. The second kappa shape index (κ2) is 4.18. The minimum absolute atomic E-state index is 0.143. The maximum atomic E-state index is 11.6. The molecule has 0 aliphatic heterocycles. The van der Waals surface area contributed by atoms with E-state index in [1.54, 1.807) is 37.4 Å². The van der Waals surface area contributed by atoms with E-state index in [1.165, 1.54) is 10.7 Å². The summed E-state index contributed by atoms with van der Waals surface area (Å²) in [5.74, 6) is 0.754. The van der Waals surface area contributed by atoms with Crippen LogP contribution in [0.4, 0.5) is 0 Å². The molecule has 0 unspecified atom stereocenters. The fourth-order valence-corrected chi connectivity index (χ4v) is 1.41. The normalized spacial score (nSPS) is 10.1. The third-order valence-corrected chi connectivity index (χ3v) is 2.25. The lowest BCUT2D eigenvalue weighted by Gasteiger charge is -2.05. The summed E-state index contributed by atoms with van der Waals surface area (Å²) in [6.07, 6.45) is 0. The summed E-state index contributed by atoms with van der Waals surface area (Å²) in [4.78, 5) is 11.6. The van der Waals surface area contributed by atoms with Gasteiger partial charge in [-0.15, -0.1) is 0 Å². The quantitative estimate of drug-likeness (QED) is 0.765. The van der Waals surface area contributed by atoms with Gasteiger partial charge >= 0.3 is 0 Å². The third-order valence-electron chi connectivity index (χ3n) is 2.25. The summed E-state index contributed by atoms with van der Waals surface area (Å²) in [7, 11) is 1.60. The van der Waals surface area contributed by atoms with Gasteiger partial charge in [-0.05, 0) is 37.3 Å². The van der Waals surface area contributed by atoms with Crippen LogP contribution < -0.4 is 10.3 Å². The molecule has 0 N–H and O–H groups in total. The number of aryl methyl sites for hydroxylation is 1. The molecule has 1 heterocycles. The van der Waals surface area contributed by atoms with Crippen molar-refractivity contribution < 1.29 is 4.74 Å². The van der Waals surface area contributed by atoms with Gasteiger partial charge in [-0.1, -0.05) is 0 Å². The van der Waals surface area contributed by atoms with Gasteiger partial charge in [0.15, 0.2) is 0 Å². The van der Waals surface area contributed by atoms with Gasteiger partial charge < -0.3 is 4.74 Å². The van der Waals surface area contributed by atoms with E-state index < -0.39 is 0 Å². The van der Waals surface area contributed by atoms with Gasteiger partial charge in [0.2, 0.25) is 0 Å². The average molecular weight is 216 g/mol. The Balaban J connectivity index is 2.50. The molecule has 0 fully saturated rings. The Hall–Kier alpha value is -2.10. The molecule has 0 amide bonds. The number of methoxy groups -OCH3 is 1. The Morgan fingerprint density at radius 3 is 2.44 bits per heavy atom. The molecule has 2 aromatic rings. The molecule has 0 saturated heterocycles. The fraction of sp³-hybridized carbons (Fsp3) is 0.167.